The van der Waals surface area contributed by atoms with E-state index in [1.807, 2.05) is 36.4 Å². The van der Waals surface area contributed by atoms with Gasteiger partial charge in [-0.05, 0) is 29.8 Å². The molecule has 0 bridgehead atoms. The van der Waals surface area contributed by atoms with Gasteiger partial charge < -0.3 is 19.7 Å². The number of nitrogens with zero attached hydrogens (tertiary/aromatic N) is 2. The molecule has 28 heavy (non-hydrogen) atoms. The molecule has 0 amide bonds. The van der Waals surface area contributed by atoms with E-state index in [2.05, 4.69) is 15.2 Å². The number of ether oxygens (including phenoxy) is 2. The minimum atomic E-state index is -0.240. The van der Waals surface area contributed by atoms with E-state index in [0.29, 0.717) is 12.1 Å². The van der Waals surface area contributed by atoms with Crippen molar-refractivity contribution in [3.05, 3.63) is 65.5 Å². The number of rotatable bonds is 6. The van der Waals surface area contributed by atoms with Gasteiger partial charge in [0.15, 0.2) is 5.96 Å². The largest absolute Gasteiger partial charge is 0.490 e. The first-order valence-electron chi connectivity index (χ1n) is 9.63. The number of guanidine groups is 1. The Balaban J connectivity index is 1.50. The van der Waals surface area contributed by atoms with Crippen molar-refractivity contribution >= 4 is 5.96 Å². The molecule has 0 saturated carbocycles. The summed E-state index contributed by atoms with van der Waals surface area (Å²) in [4.78, 5) is 6.64. The fraction of sp³-hybridized carbons (Fsp3) is 0.409. The maximum absolute atomic E-state index is 13.8. The van der Waals surface area contributed by atoms with Crippen molar-refractivity contribution in [2.24, 2.45) is 4.99 Å². The van der Waals surface area contributed by atoms with E-state index in [-0.39, 0.29) is 18.5 Å². The maximum Gasteiger partial charge on any atom is 0.193 e. The van der Waals surface area contributed by atoms with Crippen molar-refractivity contribution in [2.45, 2.75) is 32.1 Å². The summed E-state index contributed by atoms with van der Waals surface area (Å²) in [6.07, 6.45) is 2.12. The van der Waals surface area contributed by atoms with Crippen molar-refractivity contribution in [1.82, 2.24) is 10.2 Å². The second kappa shape index (κ2) is 10.1. The molecule has 0 spiro atoms. The zero-order chi connectivity index (χ0) is 19.8. The number of halogens is 1. The Morgan fingerprint density at radius 1 is 1.18 bits per heavy atom. The fourth-order valence-electron chi connectivity index (χ4n) is 3.39. The molecule has 0 radical (unpaired) electrons. The van der Waals surface area contributed by atoms with Gasteiger partial charge in [0.2, 0.25) is 0 Å². The molecule has 1 N–H and O–H groups in total. The van der Waals surface area contributed by atoms with Crippen LogP contribution in [0.4, 0.5) is 4.39 Å². The molecule has 2 aromatic carbocycles. The van der Waals surface area contributed by atoms with Gasteiger partial charge in [-0.15, -0.1) is 0 Å². The smallest absolute Gasteiger partial charge is 0.193 e. The highest BCUT2D eigenvalue weighted by molar-refractivity contribution is 5.80. The second-order valence-corrected chi connectivity index (χ2v) is 6.88. The highest BCUT2D eigenvalue weighted by atomic mass is 19.1. The van der Waals surface area contributed by atoms with Gasteiger partial charge >= 0.3 is 0 Å². The van der Waals surface area contributed by atoms with Crippen molar-refractivity contribution < 1.29 is 13.9 Å². The number of hydrogen-bond donors (Lipinski definition) is 1. The van der Waals surface area contributed by atoms with Gasteiger partial charge in [0, 0.05) is 52.2 Å². The SMILES string of the molecule is CN=C(NCc1ccc(F)c(COC)c1)N1CCC(Oc2ccccc2)CC1. The second-order valence-electron chi connectivity index (χ2n) is 6.88. The lowest BCUT2D eigenvalue weighted by Gasteiger charge is -2.34. The monoisotopic (exact) mass is 385 g/mol. The summed E-state index contributed by atoms with van der Waals surface area (Å²) >= 11 is 0. The minimum Gasteiger partial charge on any atom is -0.490 e. The zero-order valence-electron chi connectivity index (χ0n) is 16.5. The quantitative estimate of drug-likeness (QED) is 0.610. The van der Waals surface area contributed by atoms with Crippen LogP contribution in [0.1, 0.15) is 24.0 Å². The summed E-state index contributed by atoms with van der Waals surface area (Å²) in [6.45, 7) is 2.62. The first kappa shape index (κ1) is 20.1. The summed E-state index contributed by atoms with van der Waals surface area (Å²) < 4.78 is 24.9. The highest BCUT2D eigenvalue weighted by Gasteiger charge is 2.22. The van der Waals surface area contributed by atoms with Crippen LogP contribution in [0.2, 0.25) is 0 Å². The first-order valence-corrected chi connectivity index (χ1v) is 9.63. The van der Waals surface area contributed by atoms with E-state index >= 15 is 0 Å². The summed E-state index contributed by atoms with van der Waals surface area (Å²) in [5.41, 5.74) is 1.56. The Labute approximate surface area is 166 Å². The number of likely N-dealkylation sites (tertiary alicyclic amines) is 1. The average molecular weight is 385 g/mol. The first-order chi connectivity index (χ1) is 13.7. The van der Waals surface area contributed by atoms with Crippen molar-refractivity contribution in [3.63, 3.8) is 0 Å². The lowest BCUT2D eigenvalue weighted by molar-refractivity contribution is 0.129. The van der Waals surface area contributed by atoms with Crippen molar-refractivity contribution in [3.8, 4) is 5.75 Å². The van der Waals surface area contributed by atoms with Crippen LogP contribution in [-0.4, -0.2) is 44.2 Å². The molecule has 5 nitrogen and oxygen atoms in total. The van der Waals surface area contributed by atoms with Crippen LogP contribution < -0.4 is 10.1 Å². The summed E-state index contributed by atoms with van der Waals surface area (Å²) in [7, 11) is 3.35. The highest BCUT2D eigenvalue weighted by Crippen LogP contribution is 2.19. The Hall–Kier alpha value is -2.60. The normalized spacial score (nSPS) is 15.5. The molecule has 1 fully saturated rings. The van der Waals surface area contributed by atoms with Crippen LogP contribution in [0.3, 0.4) is 0 Å². The number of hydrogen-bond acceptors (Lipinski definition) is 3. The maximum atomic E-state index is 13.8. The average Bonchev–Trinajstić information content (AvgIpc) is 2.73. The van der Waals surface area contributed by atoms with Gasteiger partial charge in [-0.25, -0.2) is 4.39 Å². The van der Waals surface area contributed by atoms with Crippen LogP contribution in [-0.2, 0) is 17.9 Å². The van der Waals surface area contributed by atoms with Crippen LogP contribution >= 0.6 is 0 Å². The Bertz CT molecular complexity index is 775. The third-order valence-corrected chi connectivity index (χ3v) is 4.86. The van der Waals surface area contributed by atoms with E-state index < -0.39 is 0 Å². The van der Waals surface area contributed by atoms with Gasteiger partial charge in [-0.3, -0.25) is 4.99 Å². The number of nitrogens with one attached hydrogen (secondary N) is 1. The molecule has 3 rings (SSSR count). The molecular weight excluding hydrogens is 357 g/mol. The van der Waals surface area contributed by atoms with Gasteiger partial charge in [0.05, 0.1) is 6.61 Å². The molecule has 0 atom stereocenters. The molecule has 0 aliphatic carbocycles. The predicted molar refractivity (Wildman–Crippen MR) is 109 cm³/mol. The van der Waals surface area contributed by atoms with Gasteiger partial charge in [-0.1, -0.05) is 24.3 Å². The molecule has 1 saturated heterocycles. The zero-order valence-corrected chi connectivity index (χ0v) is 16.5. The number of benzene rings is 2. The molecule has 1 aliphatic rings. The molecule has 0 unspecified atom stereocenters. The van der Waals surface area contributed by atoms with E-state index in [1.54, 1.807) is 20.2 Å². The molecule has 0 aromatic heterocycles. The van der Waals surface area contributed by atoms with E-state index in [9.17, 15) is 4.39 Å². The number of aliphatic imine (C=N–C) groups is 1. The van der Waals surface area contributed by atoms with Crippen LogP contribution in [0, 0.1) is 5.82 Å². The molecule has 1 aliphatic heterocycles. The molecule has 1 heterocycles. The fourth-order valence-corrected chi connectivity index (χ4v) is 3.39. The van der Waals surface area contributed by atoms with Crippen LogP contribution in [0.15, 0.2) is 53.5 Å². The Morgan fingerprint density at radius 3 is 2.61 bits per heavy atom. The molecule has 2 aromatic rings. The van der Waals surface area contributed by atoms with Gasteiger partial charge in [-0.2, -0.15) is 0 Å². The van der Waals surface area contributed by atoms with E-state index in [0.717, 1.165) is 43.2 Å². The lowest BCUT2D eigenvalue weighted by Crippen LogP contribution is -2.47. The number of piperidine rings is 1. The third kappa shape index (κ3) is 5.45. The standard InChI is InChI=1S/C22H28FN3O2/c1-24-22(25-15-17-8-9-21(23)18(14-17)16-27-2)26-12-10-20(11-13-26)28-19-6-4-3-5-7-19/h3-9,14,20H,10-13,15-16H2,1-2H3,(H,24,25). The topological polar surface area (TPSA) is 46.1 Å². The molecule has 6 heteroatoms. The Kier molecular flexibility index (Phi) is 7.25. The van der Waals surface area contributed by atoms with Gasteiger partial charge in [0.25, 0.3) is 0 Å². The summed E-state index contributed by atoms with van der Waals surface area (Å²) in [5.74, 6) is 1.54. The summed E-state index contributed by atoms with van der Waals surface area (Å²) in [5, 5.41) is 3.38. The van der Waals surface area contributed by atoms with Crippen molar-refractivity contribution in [1.29, 1.82) is 0 Å². The van der Waals surface area contributed by atoms with E-state index in [1.165, 1.54) is 6.07 Å². The van der Waals surface area contributed by atoms with Crippen LogP contribution in [0.25, 0.3) is 0 Å². The molecule has 150 valence electrons. The van der Waals surface area contributed by atoms with Crippen LogP contribution in [0.5, 0.6) is 5.75 Å². The van der Waals surface area contributed by atoms with E-state index in [4.69, 9.17) is 9.47 Å². The Morgan fingerprint density at radius 2 is 1.93 bits per heavy atom. The predicted octanol–water partition coefficient (Wildman–Crippen LogP) is 3.59. The third-order valence-electron chi connectivity index (χ3n) is 4.86. The lowest BCUT2D eigenvalue weighted by atomic mass is 10.1. The number of para-hydroxylation sites is 1. The number of methoxy groups -OCH3 is 1. The van der Waals surface area contributed by atoms with Gasteiger partial charge in [0.1, 0.15) is 17.7 Å². The summed E-state index contributed by atoms with van der Waals surface area (Å²) in [6, 6.07) is 15.1. The molecular formula is C22H28FN3O2. The minimum absolute atomic E-state index is 0.227. The van der Waals surface area contributed by atoms with Crippen molar-refractivity contribution in [2.75, 3.05) is 27.2 Å².